The third-order valence-electron chi connectivity index (χ3n) is 3.00. The minimum Gasteiger partial charge on any atom is -0.380 e. The van der Waals surface area contributed by atoms with Crippen molar-refractivity contribution in [2.75, 3.05) is 32.6 Å². The third kappa shape index (κ3) is 4.71. The summed E-state index contributed by atoms with van der Waals surface area (Å²) >= 11 is 5.78. The maximum absolute atomic E-state index is 12.0. The molecule has 0 amide bonds. The van der Waals surface area contributed by atoms with Crippen molar-refractivity contribution in [3.8, 4) is 0 Å². The fourth-order valence-corrected chi connectivity index (χ4v) is 3.42. The highest BCUT2D eigenvalue weighted by Gasteiger charge is 2.28. The minimum atomic E-state index is -3.39. The number of rotatable bonds is 6. The van der Waals surface area contributed by atoms with Gasteiger partial charge in [-0.25, -0.2) is 0 Å². The zero-order chi connectivity index (χ0) is 12.9. The van der Waals surface area contributed by atoms with Gasteiger partial charge in [0, 0.05) is 32.6 Å². The molecule has 1 heterocycles. The molecule has 0 aromatic carbocycles. The first kappa shape index (κ1) is 15.2. The second-order valence-electron chi connectivity index (χ2n) is 4.42. The molecule has 0 aromatic rings. The lowest BCUT2D eigenvalue weighted by molar-refractivity contribution is 0.121. The molecule has 1 aliphatic rings. The van der Waals surface area contributed by atoms with Crippen molar-refractivity contribution >= 4 is 21.8 Å². The number of ether oxygens (including phenoxy) is 1. The summed E-state index contributed by atoms with van der Waals surface area (Å²) in [6.07, 6.45) is 1.75. The molecule has 102 valence electrons. The van der Waals surface area contributed by atoms with Crippen LogP contribution in [0.3, 0.4) is 0 Å². The molecule has 1 aliphatic heterocycles. The van der Waals surface area contributed by atoms with Crippen LogP contribution in [-0.4, -0.2) is 51.5 Å². The monoisotopic (exact) mass is 284 g/mol. The van der Waals surface area contributed by atoms with E-state index < -0.39 is 10.2 Å². The molecule has 2 unspecified atom stereocenters. The lowest BCUT2D eigenvalue weighted by atomic mass is 10.0. The Labute approximate surface area is 109 Å². The standard InChI is InChI=1S/C10H21ClN2O3S/c1-9(16-2)7-12-17(14,15)13-5-3-4-10(6-11)8-13/h9-10,12H,3-8H2,1-2H3. The number of hydrogen-bond donors (Lipinski definition) is 1. The molecule has 1 saturated heterocycles. The number of nitrogens with one attached hydrogen (secondary N) is 1. The van der Waals surface area contributed by atoms with Crippen molar-refractivity contribution in [2.24, 2.45) is 5.92 Å². The topological polar surface area (TPSA) is 58.6 Å². The first-order chi connectivity index (χ1) is 7.99. The Kier molecular flexibility index (Phi) is 6.16. The summed E-state index contributed by atoms with van der Waals surface area (Å²) in [6, 6.07) is 0. The van der Waals surface area contributed by atoms with E-state index in [1.165, 1.54) is 4.31 Å². The SMILES string of the molecule is COC(C)CNS(=O)(=O)N1CCCC(CCl)C1. The molecule has 0 radical (unpaired) electrons. The van der Waals surface area contributed by atoms with E-state index in [0.717, 1.165) is 12.8 Å². The van der Waals surface area contributed by atoms with Crippen LogP contribution < -0.4 is 4.72 Å². The van der Waals surface area contributed by atoms with Gasteiger partial charge in [0.15, 0.2) is 0 Å². The molecule has 0 saturated carbocycles. The lowest BCUT2D eigenvalue weighted by Gasteiger charge is -2.31. The summed E-state index contributed by atoms with van der Waals surface area (Å²) in [5.74, 6) is 0.780. The summed E-state index contributed by atoms with van der Waals surface area (Å²) in [5.41, 5.74) is 0. The Morgan fingerprint density at radius 3 is 2.88 bits per heavy atom. The highest BCUT2D eigenvalue weighted by atomic mass is 35.5. The predicted molar refractivity (Wildman–Crippen MR) is 68.4 cm³/mol. The van der Waals surface area contributed by atoms with Gasteiger partial charge in [-0.1, -0.05) is 0 Å². The van der Waals surface area contributed by atoms with Crippen LogP contribution in [0, 0.1) is 5.92 Å². The predicted octanol–water partition coefficient (Wildman–Crippen LogP) is 0.806. The fourth-order valence-electron chi connectivity index (χ4n) is 1.77. The lowest BCUT2D eigenvalue weighted by Crippen LogP contribution is -2.47. The highest BCUT2D eigenvalue weighted by Crippen LogP contribution is 2.19. The summed E-state index contributed by atoms with van der Waals surface area (Å²) in [6.45, 7) is 3.20. The highest BCUT2D eigenvalue weighted by molar-refractivity contribution is 7.87. The second-order valence-corrected chi connectivity index (χ2v) is 6.48. The number of hydrogen-bond acceptors (Lipinski definition) is 3. The molecule has 7 heteroatoms. The van der Waals surface area contributed by atoms with Gasteiger partial charge in [-0.05, 0) is 25.7 Å². The van der Waals surface area contributed by atoms with Gasteiger partial charge in [0.25, 0.3) is 10.2 Å². The largest absolute Gasteiger partial charge is 0.380 e. The van der Waals surface area contributed by atoms with Crippen molar-refractivity contribution in [3.05, 3.63) is 0 Å². The maximum Gasteiger partial charge on any atom is 0.279 e. The molecule has 0 bridgehead atoms. The third-order valence-corrected chi connectivity index (χ3v) is 4.97. The van der Waals surface area contributed by atoms with E-state index in [2.05, 4.69) is 4.72 Å². The van der Waals surface area contributed by atoms with Gasteiger partial charge in [0.1, 0.15) is 0 Å². The van der Waals surface area contributed by atoms with Crippen LogP contribution in [-0.2, 0) is 14.9 Å². The number of halogens is 1. The number of alkyl halides is 1. The Bertz CT molecular complexity index is 324. The molecule has 1 rings (SSSR count). The van der Waals surface area contributed by atoms with Gasteiger partial charge in [0.05, 0.1) is 6.10 Å². The van der Waals surface area contributed by atoms with Gasteiger partial charge in [-0.15, -0.1) is 11.6 Å². The van der Waals surface area contributed by atoms with Crippen molar-refractivity contribution < 1.29 is 13.2 Å². The van der Waals surface area contributed by atoms with Crippen molar-refractivity contribution in [1.29, 1.82) is 0 Å². The van der Waals surface area contributed by atoms with Crippen LogP contribution in [0.1, 0.15) is 19.8 Å². The first-order valence-corrected chi connectivity index (χ1v) is 7.80. The van der Waals surface area contributed by atoms with E-state index in [1.807, 2.05) is 6.92 Å². The van der Waals surface area contributed by atoms with E-state index in [9.17, 15) is 8.42 Å². The molecular formula is C10H21ClN2O3S. The molecule has 0 aromatic heterocycles. The van der Waals surface area contributed by atoms with E-state index in [0.29, 0.717) is 25.5 Å². The van der Waals surface area contributed by atoms with Gasteiger partial charge in [-0.3, -0.25) is 0 Å². The second kappa shape index (κ2) is 6.89. The van der Waals surface area contributed by atoms with Gasteiger partial charge < -0.3 is 4.74 Å². The van der Waals surface area contributed by atoms with Crippen LogP contribution in [0.4, 0.5) is 0 Å². The van der Waals surface area contributed by atoms with E-state index in [4.69, 9.17) is 16.3 Å². The van der Waals surface area contributed by atoms with Crippen LogP contribution in [0.25, 0.3) is 0 Å². The Morgan fingerprint density at radius 2 is 2.29 bits per heavy atom. The average Bonchev–Trinajstić information content (AvgIpc) is 2.36. The summed E-state index contributed by atoms with van der Waals surface area (Å²) < 4.78 is 33.0. The van der Waals surface area contributed by atoms with Crippen molar-refractivity contribution in [1.82, 2.24) is 9.03 Å². The fraction of sp³-hybridized carbons (Fsp3) is 1.00. The van der Waals surface area contributed by atoms with E-state index in [1.54, 1.807) is 7.11 Å². The van der Waals surface area contributed by atoms with Crippen LogP contribution in [0.2, 0.25) is 0 Å². The molecule has 0 spiro atoms. The van der Waals surface area contributed by atoms with Gasteiger partial charge >= 0.3 is 0 Å². The Balaban J connectivity index is 2.51. The zero-order valence-electron chi connectivity index (χ0n) is 10.4. The summed E-state index contributed by atoms with van der Waals surface area (Å²) in [7, 11) is -1.83. The molecule has 1 N–H and O–H groups in total. The van der Waals surface area contributed by atoms with E-state index in [-0.39, 0.29) is 12.0 Å². The van der Waals surface area contributed by atoms with Crippen LogP contribution in [0.15, 0.2) is 0 Å². The van der Waals surface area contributed by atoms with E-state index >= 15 is 0 Å². The summed E-state index contributed by atoms with van der Waals surface area (Å²) in [5, 5.41) is 0. The summed E-state index contributed by atoms with van der Waals surface area (Å²) in [4.78, 5) is 0. The van der Waals surface area contributed by atoms with Gasteiger partial charge in [-0.2, -0.15) is 17.4 Å². The van der Waals surface area contributed by atoms with Crippen molar-refractivity contribution in [2.45, 2.75) is 25.9 Å². The zero-order valence-corrected chi connectivity index (χ0v) is 11.9. The molecule has 5 nitrogen and oxygen atoms in total. The van der Waals surface area contributed by atoms with Crippen LogP contribution >= 0.6 is 11.6 Å². The number of nitrogens with zero attached hydrogens (tertiary/aromatic N) is 1. The molecule has 17 heavy (non-hydrogen) atoms. The maximum atomic E-state index is 12.0. The molecule has 1 fully saturated rings. The first-order valence-electron chi connectivity index (χ1n) is 5.83. The van der Waals surface area contributed by atoms with Gasteiger partial charge in [0.2, 0.25) is 0 Å². The Morgan fingerprint density at radius 1 is 1.59 bits per heavy atom. The smallest absolute Gasteiger partial charge is 0.279 e. The number of piperidine rings is 1. The number of methoxy groups -OCH3 is 1. The Hall–Kier alpha value is 0.120. The minimum absolute atomic E-state index is 0.126. The molecular weight excluding hydrogens is 264 g/mol. The quantitative estimate of drug-likeness (QED) is 0.734. The van der Waals surface area contributed by atoms with Crippen LogP contribution in [0.5, 0.6) is 0 Å². The molecule has 0 aliphatic carbocycles. The normalized spacial score (nSPS) is 24.8. The molecule has 2 atom stereocenters. The average molecular weight is 285 g/mol. The van der Waals surface area contributed by atoms with Crippen molar-refractivity contribution in [3.63, 3.8) is 0 Å².